The predicted octanol–water partition coefficient (Wildman–Crippen LogP) is 1.91. The van der Waals surface area contributed by atoms with Crippen molar-refractivity contribution in [3.63, 3.8) is 0 Å². The van der Waals surface area contributed by atoms with Crippen molar-refractivity contribution in [1.29, 1.82) is 0 Å². The summed E-state index contributed by atoms with van der Waals surface area (Å²) in [7, 11) is -1.98. The average molecular weight is 336 g/mol. The molecule has 126 valence electrons. The summed E-state index contributed by atoms with van der Waals surface area (Å²) in [6, 6.07) is 9.35. The second-order valence-electron chi connectivity index (χ2n) is 5.81. The molecule has 0 fully saturated rings. The van der Waals surface area contributed by atoms with Gasteiger partial charge in [-0.05, 0) is 51.6 Å². The number of nitrogens with one attached hydrogen (secondary N) is 3. The van der Waals surface area contributed by atoms with Crippen molar-refractivity contribution in [3.8, 4) is 0 Å². The third-order valence-corrected chi connectivity index (χ3v) is 5.20. The highest BCUT2D eigenvalue weighted by Crippen LogP contribution is 2.17. The first-order chi connectivity index (χ1) is 10.8. The maximum absolute atomic E-state index is 11.7. The van der Waals surface area contributed by atoms with Crippen molar-refractivity contribution >= 4 is 10.0 Å². The number of aryl methyl sites for hydroxylation is 1. The van der Waals surface area contributed by atoms with Gasteiger partial charge in [0, 0.05) is 24.2 Å². The fraction of sp³-hybridized carbons (Fsp3) is 0.438. The Morgan fingerprint density at radius 1 is 1.22 bits per heavy atom. The molecular weight excluding hydrogens is 312 g/mol. The van der Waals surface area contributed by atoms with Gasteiger partial charge in [-0.15, -0.1) is 0 Å². The number of benzene rings is 1. The SMILES string of the molecule is CNS(=O)(=O)c1ccc([C@@H](C)N[C@@H](C)Cc2cc(C)[nH]n2)cc1. The van der Waals surface area contributed by atoms with Crippen LogP contribution in [-0.4, -0.2) is 31.7 Å². The monoisotopic (exact) mass is 336 g/mol. The zero-order chi connectivity index (χ0) is 17.0. The van der Waals surface area contributed by atoms with Crippen molar-refractivity contribution in [2.75, 3.05) is 7.05 Å². The van der Waals surface area contributed by atoms with E-state index in [1.54, 1.807) is 12.1 Å². The summed E-state index contributed by atoms with van der Waals surface area (Å²) < 4.78 is 25.8. The minimum absolute atomic E-state index is 0.122. The predicted molar refractivity (Wildman–Crippen MR) is 90.7 cm³/mol. The minimum Gasteiger partial charge on any atom is -0.307 e. The summed E-state index contributed by atoms with van der Waals surface area (Å²) in [6.45, 7) is 6.16. The number of H-pyrrole nitrogens is 1. The molecule has 0 aliphatic carbocycles. The van der Waals surface area contributed by atoms with Crippen LogP contribution in [0, 0.1) is 6.92 Å². The number of sulfonamides is 1. The molecule has 1 aromatic heterocycles. The molecule has 7 heteroatoms. The molecule has 0 aliphatic rings. The molecule has 23 heavy (non-hydrogen) atoms. The van der Waals surface area contributed by atoms with Gasteiger partial charge in [-0.1, -0.05) is 12.1 Å². The largest absolute Gasteiger partial charge is 0.307 e. The molecule has 0 aliphatic heterocycles. The smallest absolute Gasteiger partial charge is 0.240 e. The van der Waals surface area contributed by atoms with E-state index < -0.39 is 10.0 Å². The van der Waals surface area contributed by atoms with Crippen LogP contribution in [0.4, 0.5) is 0 Å². The quantitative estimate of drug-likeness (QED) is 0.721. The lowest BCUT2D eigenvalue weighted by Gasteiger charge is -2.20. The third kappa shape index (κ3) is 4.63. The Kier molecular flexibility index (Phi) is 5.56. The van der Waals surface area contributed by atoms with Gasteiger partial charge in [0.1, 0.15) is 0 Å². The van der Waals surface area contributed by atoms with E-state index in [2.05, 4.69) is 34.1 Å². The molecule has 0 spiro atoms. The summed E-state index contributed by atoms with van der Waals surface area (Å²) in [5, 5.41) is 10.7. The van der Waals surface area contributed by atoms with Crippen LogP contribution in [0.3, 0.4) is 0 Å². The number of aromatic nitrogens is 2. The van der Waals surface area contributed by atoms with E-state index in [1.807, 2.05) is 25.1 Å². The Bertz CT molecular complexity index is 738. The van der Waals surface area contributed by atoms with E-state index in [1.165, 1.54) is 7.05 Å². The fourth-order valence-electron chi connectivity index (χ4n) is 2.53. The molecule has 6 nitrogen and oxygen atoms in total. The molecule has 0 radical (unpaired) electrons. The lowest BCUT2D eigenvalue weighted by atomic mass is 10.1. The second kappa shape index (κ2) is 7.25. The number of rotatable bonds is 7. The van der Waals surface area contributed by atoms with Crippen LogP contribution in [0.15, 0.2) is 35.2 Å². The molecule has 2 rings (SSSR count). The summed E-state index contributed by atoms with van der Waals surface area (Å²) in [6.07, 6.45) is 0.834. The number of hydrogen-bond acceptors (Lipinski definition) is 4. The van der Waals surface area contributed by atoms with Gasteiger partial charge >= 0.3 is 0 Å². The van der Waals surface area contributed by atoms with Gasteiger partial charge < -0.3 is 5.32 Å². The Morgan fingerprint density at radius 3 is 2.39 bits per heavy atom. The van der Waals surface area contributed by atoms with Crippen LogP contribution in [0.5, 0.6) is 0 Å². The molecule has 0 saturated heterocycles. The van der Waals surface area contributed by atoms with Gasteiger partial charge in [0.25, 0.3) is 0 Å². The maximum Gasteiger partial charge on any atom is 0.240 e. The van der Waals surface area contributed by atoms with Crippen molar-refractivity contribution in [1.82, 2.24) is 20.2 Å². The van der Waals surface area contributed by atoms with Crippen LogP contribution in [0.25, 0.3) is 0 Å². The molecule has 0 bridgehead atoms. The molecule has 0 saturated carbocycles. The Hall–Kier alpha value is -1.70. The van der Waals surface area contributed by atoms with Crippen LogP contribution >= 0.6 is 0 Å². The van der Waals surface area contributed by atoms with Gasteiger partial charge in [0.05, 0.1) is 10.6 Å². The summed E-state index contributed by atoms with van der Waals surface area (Å²) >= 11 is 0. The van der Waals surface area contributed by atoms with Gasteiger partial charge in [-0.3, -0.25) is 5.10 Å². The van der Waals surface area contributed by atoms with Gasteiger partial charge in [-0.2, -0.15) is 5.10 Å². The summed E-state index contributed by atoms with van der Waals surface area (Å²) in [4.78, 5) is 0.274. The molecule has 2 atom stereocenters. The molecule has 0 amide bonds. The van der Waals surface area contributed by atoms with Crippen LogP contribution in [0.1, 0.15) is 36.8 Å². The fourth-order valence-corrected chi connectivity index (χ4v) is 3.26. The first-order valence-electron chi connectivity index (χ1n) is 7.62. The summed E-state index contributed by atoms with van der Waals surface area (Å²) in [5.41, 5.74) is 3.14. The van der Waals surface area contributed by atoms with E-state index in [-0.39, 0.29) is 17.0 Å². The van der Waals surface area contributed by atoms with Gasteiger partial charge in [0.2, 0.25) is 10.0 Å². The van der Waals surface area contributed by atoms with Crippen LogP contribution in [0.2, 0.25) is 0 Å². The van der Waals surface area contributed by atoms with Crippen molar-refractivity contribution in [3.05, 3.63) is 47.3 Å². The highest BCUT2D eigenvalue weighted by molar-refractivity contribution is 7.89. The molecule has 2 aromatic rings. The first kappa shape index (κ1) is 17.7. The molecule has 0 unspecified atom stereocenters. The van der Waals surface area contributed by atoms with E-state index in [9.17, 15) is 8.42 Å². The first-order valence-corrected chi connectivity index (χ1v) is 9.10. The zero-order valence-electron chi connectivity index (χ0n) is 13.9. The minimum atomic E-state index is -3.38. The zero-order valence-corrected chi connectivity index (χ0v) is 14.7. The Balaban J connectivity index is 1.98. The van der Waals surface area contributed by atoms with Gasteiger partial charge in [-0.25, -0.2) is 13.1 Å². The molecule has 1 heterocycles. The standard InChI is InChI=1S/C16H24N4O2S/c1-11(9-15-10-12(2)19-20-15)18-13(3)14-5-7-16(8-6-14)23(21,22)17-4/h5-8,10-11,13,17-18H,9H2,1-4H3,(H,19,20)/t11-,13+/m0/s1. The Labute approximate surface area is 137 Å². The third-order valence-electron chi connectivity index (χ3n) is 3.77. The lowest BCUT2D eigenvalue weighted by Crippen LogP contribution is -2.30. The van der Waals surface area contributed by atoms with Gasteiger partial charge in [0.15, 0.2) is 0 Å². The van der Waals surface area contributed by atoms with Crippen LogP contribution < -0.4 is 10.0 Å². The van der Waals surface area contributed by atoms with E-state index in [0.29, 0.717) is 0 Å². The lowest BCUT2D eigenvalue weighted by molar-refractivity contribution is 0.473. The van der Waals surface area contributed by atoms with Crippen molar-refractivity contribution in [2.45, 2.75) is 44.2 Å². The van der Waals surface area contributed by atoms with Crippen molar-refractivity contribution in [2.24, 2.45) is 0 Å². The summed E-state index contributed by atoms with van der Waals surface area (Å²) in [5.74, 6) is 0. The van der Waals surface area contributed by atoms with Crippen molar-refractivity contribution < 1.29 is 8.42 Å². The number of hydrogen-bond donors (Lipinski definition) is 3. The molecular formula is C16H24N4O2S. The topological polar surface area (TPSA) is 86.9 Å². The molecule has 1 aromatic carbocycles. The molecule has 3 N–H and O–H groups in total. The number of aromatic amines is 1. The van der Waals surface area contributed by atoms with Crippen LogP contribution in [-0.2, 0) is 16.4 Å². The average Bonchev–Trinajstić information content (AvgIpc) is 2.92. The Morgan fingerprint density at radius 2 is 1.87 bits per heavy atom. The van der Waals surface area contributed by atoms with E-state index >= 15 is 0 Å². The highest BCUT2D eigenvalue weighted by Gasteiger charge is 2.14. The van der Waals surface area contributed by atoms with E-state index in [0.717, 1.165) is 23.4 Å². The number of nitrogens with zero attached hydrogens (tertiary/aromatic N) is 1. The highest BCUT2D eigenvalue weighted by atomic mass is 32.2. The maximum atomic E-state index is 11.7. The van der Waals surface area contributed by atoms with E-state index in [4.69, 9.17) is 0 Å². The second-order valence-corrected chi connectivity index (χ2v) is 7.70. The normalized spacial score (nSPS) is 14.6.